The molecule has 0 saturated heterocycles. The first-order chi connectivity index (χ1) is 9.92. The van der Waals surface area contributed by atoms with Gasteiger partial charge in [0.05, 0.1) is 13.7 Å². The molecule has 0 unspecified atom stereocenters. The van der Waals surface area contributed by atoms with Gasteiger partial charge in [-0.1, -0.05) is 13.8 Å². The van der Waals surface area contributed by atoms with Gasteiger partial charge >= 0.3 is 6.61 Å². The van der Waals surface area contributed by atoms with E-state index in [1.54, 1.807) is 12.1 Å². The lowest BCUT2D eigenvalue weighted by atomic mass is 10.2. The van der Waals surface area contributed by atoms with Crippen LogP contribution in [0.2, 0.25) is 0 Å². The lowest BCUT2D eigenvalue weighted by Crippen LogP contribution is -2.34. The number of alkyl halides is 2. The number of aliphatic imine (C=N–C) groups is 1. The molecule has 8 heteroatoms. The van der Waals surface area contributed by atoms with Crippen LogP contribution < -0.4 is 20.5 Å². The van der Waals surface area contributed by atoms with Gasteiger partial charge in [0.15, 0.2) is 5.96 Å². The fraction of sp³-hybridized carbons (Fsp3) is 0.500. The van der Waals surface area contributed by atoms with Crippen molar-refractivity contribution in [1.29, 1.82) is 0 Å². The fourth-order valence-electron chi connectivity index (χ4n) is 1.55. The van der Waals surface area contributed by atoms with E-state index in [0.29, 0.717) is 23.8 Å². The van der Waals surface area contributed by atoms with Crippen LogP contribution in [0.1, 0.15) is 19.4 Å². The maximum absolute atomic E-state index is 12.4. The number of halogens is 3. The largest absolute Gasteiger partial charge is 0.497 e. The van der Waals surface area contributed by atoms with Gasteiger partial charge in [-0.2, -0.15) is 8.78 Å². The minimum absolute atomic E-state index is 0. The van der Waals surface area contributed by atoms with Gasteiger partial charge in [0.1, 0.15) is 11.5 Å². The molecule has 22 heavy (non-hydrogen) atoms. The highest BCUT2D eigenvalue weighted by molar-refractivity contribution is 14.0. The molecule has 0 atom stereocenters. The van der Waals surface area contributed by atoms with Crippen molar-refractivity contribution < 1.29 is 18.3 Å². The van der Waals surface area contributed by atoms with E-state index in [0.717, 1.165) is 0 Å². The minimum Gasteiger partial charge on any atom is -0.497 e. The molecular weight excluding hydrogens is 407 g/mol. The number of hydrogen-bond acceptors (Lipinski definition) is 3. The summed E-state index contributed by atoms with van der Waals surface area (Å²) >= 11 is 0. The summed E-state index contributed by atoms with van der Waals surface area (Å²) in [5.41, 5.74) is 6.19. The number of guanidine groups is 1. The number of nitrogens with one attached hydrogen (secondary N) is 1. The quantitative estimate of drug-likeness (QED) is 0.398. The van der Waals surface area contributed by atoms with Crippen LogP contribution >= 0.6 is 24.0 Å². The Labute approximate surface area is 146 Å². The summed E-state index contributed by atoms with van der Waals surface area (Å²) in [4.78, 5) is 4.11. The molecular formula is C14H22F2IN3O2. The molecule has 0 aliphatic rings. The minimum atomic E-state index is -2.89. The van der Waals surface area contributed by atoms with E-state index in [2.05, 4.69) is 15.0 Å². The summed E-state index contributed by atoms with van der Waals surface area (Å²) in [6.07, 6.45) is 0. The molecule has 0 fully saturated rings. The summed E-state index contributed by atoms with van der Waals surface area (Å²) in [7, 11) is 1.49. The van der Waals surface area contributed by atoms with Crippen LogP contribution in [0.4, 0.5) is 8.78 Å². The van der Waals surface area contributed by atoms with E-state index in [1.807, 2.05) is 13.8 Å². The number of methoxy groups -OCH3 is 1. The molecule has 0 aromatic heterocycles. The summed E-state index contributed by atoms with van der Waals surface area (Å²) in [6, 6.07) is 4.57. The third-order valence-corrected chi connectivity index (χ3v) is 2.59. The molecule has 0 amide bonds. The molecule has 1 rings (SSSR count). The highest BCUT2D eigenvalue weighted by Gasteiger charge is 2.10. The second kappa shape index (κ2) is 10.4. The van der Waals surface area contributed by atoms with E-state index < -0.39 is 6.61 Å². The standard InChI is InChI=1S/C14H21F2N3O2.HI/c1-9(2)7-18-14(17)19-8-10-6-11(20-3)4-5-12(10)21-13(15)16;/h4-6,9,13H,7-8H2,1-3H3,(H3,17,18,19);1H. The molecule has 0 heterocycles. The Morgan fingerprint density at radius 3 is 2.59 bits per heavy atom. The van der Waals surface area contributed by atoms with E-state index in [-0.39, 0.29) is 42.2 Å². The molecule has 5 nitrogen and oxygen atoms in total. The summed E-state index contributed by atoms with van der Waals surface area (Å²) < 4.78 is 34.2. The van der Waals surface area contributed by atoms with Crippen molar-refractivity contribution in [1.82, 2.24) is 5.32 Å². The molecule has 3 N–H and O–H groups in total. The van der Waals surface area contributed by atoms with Crippen molar-refractivity contribution >= 4 is 29.9 Å². The molecule has 126 valence electrons. The van der Waals surface area contributed by atoms with E-state index in [9.17, 15) is 8.78 Å². The Hall–Kier alpha value is -1.32. The number of nitrogens with two attached hydrogens (primary N) is 1. The Bertz CT molecular complexity index is 485. The Kier molecular flexibility index (Phi) is 9.79. The second-order valence-corrected chi connectivity index (χ2v) is 4.83. The average Bonchev–Trinajstić information content (AvgIpc) is 2.43. The van der Waals surface area contributed by atoms with Crippen molar-refractivity contribution in [3.63, 3.8) is 0 Å². The first-order valence-corrected chi connectivity index (χ1v) is 6.58. The van der Waals surface area contributed by atoms with Gasteiger partial charge in [-0.15, -0.1) is 24.0 Å². The number of ether oxygens (including phenoxy) is 2. The molecule has 0 aliphatic carbocycles. The molecule has 0 aliphatic heterocycles. The lowest BCUT2D eigenvalue weighted by molar-refractivity contribution is -0.0504. The number of nitrogens with zero attached hydrogens (tertiary/aromatic N) is 1. The van der Waals surface area contributed by atoms with Crippen LogP contribution in [-0.2, 0) is 6.54 Å². The molecule has 0 radical (unpaired) electrons. The zero-order valence-corrected chi connectivity index (χ0v) is 15.1. The molecule has 1 aromatic rings. The van der Waals surface area contributed by atoms with Crippen LogP contribution in [0.15, 0.2) is 23.2 Å². The Balaban J connectivity index is 0.00000441. The third kappa shape index (κ3) is 7.62. The molecule has 0 bridgehead atoms. The zero-order chi connectivity index (χ0) is 15.8. The maximum atomic E-state index is 12.4. The van der Waals surface area contributed by atoms with Crippen molar-refractivity contribution in [2.24, 2.45) is 16.6 Å². The Morgan fingerprint density at radius 1 is 1.36 bits per heavy atom. The maximum Gasteiger partial charge on any atom is 0.387 e. The highest BCUT2D eigenvalue weighted by Crippen LogP contribution is 2.26. The zero-order valence-electron chi connectivity index (χ0n) is 12.8. The van der Waals surface area contributed by atoms with Gasteiger partial charge in [0.25, 0.3) is 0 Å². The van der Waals surface area contributed by atoms with Crippen molar-refractivity contribution in [3.05, 3.63) is 23.8 Å². The van der Waals surface area contributed by atoms with E-state index in [1.165, 1.54) is 13.2 Å². The Morgan fingerprint density at radius 2 is 2.05 bits per heavy atom. The van der Waals surface area contributed by atoms with Gasteiger partial charge in [0.2, 0.25) is 0 Å². The van der Waals surface area contributed by atoms with Crippen molar-refractivity contribution in [3.8, 4) is 11.5 Å². The molecule has 1 aromatic carbocycles. The topological polar surface area (TPSA) is 68.9 Å². The van der Waals surface area contributed by atoms with Gasteiger partial charge in [0, 0.05) is 12.1 Å². The number of hydrogen-bond donors (Lipinski definition) is 2. The highest BCUT2D eigenvalue weighted by atomic mass is 127. The van der Waals surface area contributed by atoms with E-state index >= 15 is 0 Å². The fourth-order valence-corrected chi connectivity index (χ4v) is 1.55. The summed E-state index contributed by atoms with van der Waals surface area (Å²) in [5.74, 6) is 1.28. The average molecular weight is 429 g/mol. The monoisotopic (exact) mass is 429 g/mol. The van der Waals surface area contributed by atoms with Gasteiger partial charge < -0.3 is 20.5 Å². The van der Waals surface area contributed by atoms with Crippen LogP contribution in [0.25, 0.3) is 0 Å². The SMILES string of the molecule is COc1ccc(OC(F)F)c(CN=C(N)NCC(C)C)c1.I. The van der Waals surface area contributed by atoms with Gasteiger partial charge in [-0.3, -0.25) is 0 Å². The first kappa shape index (κ1) is 20.7. The molecule has 0 saturated carbocycles. The van der Waals surface area contributed by atoms with Gasteiger partial charge in [-0.05, 0) is 24.1 Å². The van der Waals surface area contributed by atoms with Crippen molar-refractivity contribution in [2.45, 2.75) is 27.0 Å². The molecule has 0 spiro atoms. The van der Waals surface area contributed by atoms with E-state index in [4.69, 9.17) is 10.5 Å². The predicted octanol–water partition coefficient (Wildman–Crippen LogP) is 2.97. The van der Waals surface area contributed by atoms with Crippen molar-refractivity contribution in [2.75, 3.05) is 13.7 Å². The van der Waals surface area contributed by atoms with Crippen LogP contribution in [0, 0.1) is 5.92 Å². The van der Waals surface area contributed by atoms with Crippen LogP contribution in [0.3, 0.4) is 0 Å². The van der Waals surface area contributed by atoms with Crippen LogP contribution in [0.5, 0.6) is 11.5 Å². The lowest BCUT2D eigenvalue weighted by Gasteiger charge is -2.12. The van der Waals surface area contributed by atoms with Crippen LogP contribution in [-0.4, -0.2) is 26.2 Å². The predicted molar refractivity (Wildman–Crippen MR) is 93.2 cm³/mol. The second-order valence-electron chi connectivity index (χ2n) is 4.83. The summed E-state index contributed by atoms with van der Waals surface area (Å²) in [5, 5.41) is 2.95. The smallest absolute Gasteiger partial charge is 0.387 e. The third-order valence-electron chi connectivity index (χ3n) is 2.59. The first-order valence-electron chi connectivity index (χ1n) is 6.58. The normalized spacial score (nSPS) is 11.3. The number of rotatable bonds is 7. The number of benzene rings is 1. The van der Waals surface area contributed by atoms with Gasteiger partial charge in [-0.25, -0.2) is 4.99 Å². The summed E-state index contributed by atoms with van der Waals surface area (Å²) in [6.45, 7) is 2.00.